The summed E-state index contributed by atoms with van der Waals surface area (Å²) in [6, 6.07) is 0. The molecule has 0 unspecified atom stereocenters. The van der Waals surface area contributed by atoms with Crippen LogP contribution in [0.2, 0.25) is 0 Å². The molecule has 9 nitrogen and oxygen atoms in total. The SMILES string of the molecule is O.O=C([O-])[O-].O=[N+]([O-])[O-].[Co].[OH-]. The smallest absolute Gasteiger partial charge is 0.0689 e. The topological polar surface area (TPSA) is 191 Å². The average molecular weight is 216 g/mol. The molecule has 11 heavy (non-hydrogen) atoms. The van der Waals surface area contributed by atoms with Gasteiger partial charge in [-0.2, -0.15) is 0 Å². The van der Waals surface area contributed by atoms with Gasteiger partial charge in [0.2, 0.25) is 0 Å². The number of rotatable bonds is 0. The maximum absolute atomic E-state index is 8.33. The fraction of sp³-hybridized carbons (Fsp3) is 0. The van der Waals surface area contributed by atoms with Gasteiger partial charge in [0.1, 0.15) is 0 Å². The van der Waals surface area contributed by atoms with Crippen LogP contribution in [0.15, 0.2) is 0 Å². The Kier molecular flexibility index (Phi) is 68.7. The van der Waals surface area contributed by atoms with Crippen LogP contribution >= 0.6 is 0 Å². The van der Waals surface area contributed by atoms with Gasteiger partial charge in [-0.15, -0.1) is 0 Å². The molecule has 0 spiro atoms. The molecule has 73 valence electrons. The maximum atomic E-state index is 8.33. The molecule has 0 aromatic rings. The minimum atomic E-state index is -2.33. The number of carboxylic acid groups (broad SMARTS) is 2. The van der Waals surface area contributed by atoms with Gasteiger partial charge in [0.25, 0.3) is 0 Å². The van der Waals surface area contributed by atoms with Gasteiger partial charge in [-0.3, -0.25) is 0 Å². The largest absolute Gasteiger partial charge is 0.870 e. The van der Waals surface area contributed by atoms with Crippen LogP contribution in [0.5, 0.6) is 0 Å². The van der Waals surface area contributed by atoms with Crippen LogP contribution in [-0.4, -0.2) is 22.2 Å². The summed E-state index contributed by atoms with van der Waals surface area (Å²) in [5, 5.41) is 31.4. The Morgan fingerprint density at radius 2 is 1.18 bits per heavy atom. The van der Waals surface area contributed by atoms with Crippen molar-refractivity contribution in [1.29, 1.82) is 0 Å². The molecule has 0 atom stereocenters. The van der Waals surface area contributed by atoms with E-state index >= 15 is 0 Å². The van der Waals surface area contributed by atoms with Crippen molar-refractivity contribution in [2.45, 2.75) is 0 Å². The molecule has 0 aliphatic heterocycles. The van der Waals surface area contributed by atoms with Gasteiger partial charge in [-0.05, 0) is 6.16 Å². The van der Waals surface area contributed by atoms with Gasteiger partial charge in [0, 0.05) is 16.8 Å². The maximum Gasteiger partial charge on any atom is 0.0689 e. The molecule has 1 radical (unpaired) electrons. The monoisotopic (exact) mass is 216 g/mol. The van der Waals surface area contributed by atoms with Crippen molar-refractivity contribution in [1.82, 2.24) is 0 Å². The average Bonchev–Trinajstić information content (AvgIpc) is 1.25. The van der Waals surface area contributed by atoms with Gasteiger partial charge in [-0.25, -0.2) is 0 Å². The van der Waals surface area contributed by atoms with Crippen LogP contribution in [0, 0.1) is 15.3 Å². The molecule has 10 heteroatoms. The predicted octanol–water partition coefficient (Wildman–Crippen LogP) is -3.69. The molecule has 0 rings (SSSR count). The van der Waals surface area contributed by atoms with Crippen molar-refractivity contribution in [3.8, 4) is 0 Å². The van der Waals surface area contributed by atoms with Crippen molar-refractivity contribution in [3.05, 3.63) is 15.3 Å². The Hall–Kier alpha value is -1.10. The number of carbonyl (C=O) groups excluding carboxylic acids is 1. The summed E-state index contributed by atoms with van der Waals surface area (Å²) in [5.41, 5.74) is 0. The number of nitrogens with zero attached hydrogens (tertiary/aromatic N) is 1. The van der Waals surface area contributed by atoms with E-state index < -0.39 is 11.2 Å². The van der Waals surface area contributed by atoms with Gasteiger partial charge in [0.15, 0.2) is 0 Å². The van der Waals surface area contributed by atoms with Crippen LogP contribution in [0.4, 0.5) is 4.79 Å². The van der Waals surface area contributed by atoms with Crippen molar-refractivity contribution in [2.75, 3.05) is 0 Å². The molecular weight excluding hydrogens is 213 g/mol. The standard InChI is InChI=1S/CH2O3.Co.NO3.2H2O/c2-1(3)4;;2-1(3)4;;/h(H2,2,3,4);;;2*1H2/q;;-1;;/p-3. The first-order valence-electron chi connectivity index (χ1n) is 1.16. The first-order valence-corrected chi connectivity index (χ1v) is 1.16. The Bertz CT molecular complexity index is 72.1. The molecule has 0 aromatic carbocycles. The summed E-state index contributed by atoms with van der Waals surface area (Å²) >= 11 is 0. The molecule has 0 saturated heterocycles. The van der Waals surface area contributed by atoms with Crippen molar-refractivity contribution in [2.24, 2.45) is 0 Å². The van der Waals surface area contributed by atoms with E-state index in [2.05, 4.69) is 0 Å². The molecule has 0 aliphatic rings. The van der Waals surface area contributed by atoms with Crippen LogP contribution in [-0.2, 0) is 16.8 Å². The summed E-state index contributed by atoms with van der Waals surface area (Å²) in [5.74, 6) is 0. The number of carbonyl (C=O) groups is 1. The molecule has 3 N–H and O–H groups in total. The number of hydrogen-bond donors (Lipinski definition) is 0. The van der Waals surface area contributed by atoms with E-state index in [4.69, 9.17) is 30.3 Å². The van der Waals surface area contributed by atoms with Crippen molar-refractivity contribution in [3.63, 3.8) is 0 Å². The molecule has 0 aliphatic carbocycles. The first kappa shape index (κ1) is 32.7. The van der Waals surface area contributed by atoms with E-state index in [9.17, 15) is 0 Å². The molecule has 0 amide bonds. The third-order valence-electron chi connectivity index (χ3n) is 0. The zero-order valence-corrected chi connectivity index (χ0v) is 5.72. The zero-order valence-electron chi connectivity index (χ0n) is 4.68. The normalized spacial score (nSPS) is 4.36. The summed E-state index contributed by atoms with van der Waals surface area (Å²) in [6.07, 6.45) is -2.33. The van der Waals surface area contributed by atoms with E-state index in [1.807, 2.05) is 0 Å². The van der Waals surface area contributed by atoms with E-state index in [-0.39, 0.29) is 27.7 Å². The minimum absolute atomic E-state index is 0. The summed E-state index contributed by atoms with van der Waals surface area (Å²) in [7, 11) is 0. The second-order valence-corrected chi connectivity index (χ2v) is 0.474. The third-order valence-corrected chi connectivity index (χ3v) is 0. The Labute approximate surface area is 70.2 Å². The second-order valence-electron chi connectivity index (χ2n) is 0.474. The molecule has 0 fully saturated rings. The van der Waals surface area contributed by atoms with Crippen LogP contribution in [0.25, 0.3) is 0 Å². The fourth-order valence-corrected chi connectivity index (χ4v) is 0. The van der Waals surface area contributed by atoms with Gasteiger partial charge in [-0.1, -0.05) is 0 Å². The fourth-order valence-electron chi connectivity index (χ4n) is 0. The summed E-state index contributed by atoms with van der Waals surface area (Å²) in [6.45, 7) is 0. The van der Waals surface area contributed by atoms with Crippen LogP contribution < -0.4 is 10.2 Å². The summed E-state index contributed by atoms with van der Waals surface area (Å²) in [4.78, 5) is 16.6. The van der Waals surface area contributed by atoms with Crippen LogP contribution in [0.1, 0.15) is 0 Å². The molecule has 0 bridgehead atoms. The van der Waals surface area contributed by atoms with E-state index in [1.165, 1.54) is 0 Å². The van der Waals surface area contributed by atoms with E-state index in [0.29, 0.717) is 0 Å². The number of hydrogen-bond acceptors (Lipinski definition) is 7. The Morgan fingerprint density at radius 3 is 1.18 bits per heavy atom. The van der Waals surface area contributed by atoms with Crippen molar-refractivity contribution < 1.29 is 47.8 Å². The van der Waals surface area contributed by atoms with Gasteiger partial charge in [0.05, 0.1) is 5.09 Å². The molecule has 0 saturated carbocycles. The van der Waals surface area contributed by atoms with E-state index in [0.717, 1.165) is 0 Å². The molecule has 0 heterocycles. The van der Waals surface area contributed by atoms with Gasteiger partial charge < -0.3 is 41.3 Å². The molecule has 0 aromatic heterocycles. The minimum Gasteiger partial charge on any atom is -0.870 e. The quantitative estimate of drug-likeness (QED) is 0.293. The zero-order chi connectivity index (χ0) is 7.15. The Morgan fingerprint density at radius 1 is 1.18 bits per heavy atom. The molecular formula is CH3CoNO8-4. The second kappa shape index (κ2) is 23.1. The van der Waals surface area contributed by atoms with Crippen molar-refractivity contribution >= 4 is 6.16 Å². The summed E-state index contributed by atoms with van der Waals surface area (Å²) < 4.78 is 0. The predicted molar refractivity (Wildman–Crippen MR) is 21.3 cm³/mol. The Balaban J connectivity index is -0.0000000171. The van der Waals surface area contributed by atoms with Gasteiger partial charge >= 0.3 is 0 Å². The van der Waals surface area contributed by atoms with Crippen LogP contribution in [0.3, 0.4) is 0 Å². The first-order chi connectivity index (χ1) is 3.46. The third kappa shape index (κ3) is 347. The van der Waals surface area contributed by atoms with E-state index in [1.54, 1.807) is 0 Å².